The number of carbonyl (C=O) groups excluding carboxylic acids is 1. The molecule has 0 unspecified atom stereocenters. The molecule has 1 aromatic carbocycles. The molecule has 19 heavy (non-hydrogen) atoms. The number of hydrogen-bond donors (Lipinski definition) is 2. The zero-order valence-electron chi connectivity index (χ0n) is 10.5. The van der Waals surface area contributed by atoms with Crippen molar-refractivity contribution in [3.8, 4) is 0 Å². The van der Waals surface area contributed by atoms with E-state index in [0.717, 1.165) is 5.56 Å². The Balaban J connectivity index is 0.00000180. The molecular weight excluding hydrogens is 271 g/mol. The van der Waals surface area contributed by atoms with Gasteiger partial charge in [-0.3, -0.25) is 0 Å². The number of alkyl halides is 1. The predicted molar refractivity (Wildman–Crippen MR) is 73.2 cm³/mol. The van der Waals surface area contributed by atoms with Crippen molar-refractivity contribution >= 4 is 18.5 Å². The Labute approximate surface area is 118 Å². The maximum absolute atomic E-state index is 12.9. The van der Waals surface area contributed by atoms with E-state index in [1.165, 1.54) is 0 Å². The van der Waals surface area contributed by atoms with Crippen molar-refractivity contribution in [2.24, 2.45) is 0 Å². The molecule has 0 aromatic heterocycles. The van der Waals surface area contributed by atoms with E-state index in [4.69, 9.17) is 4.74 Å². The molecule has 1 heterocycles. The lowest BCUT2D eigenvalue weighted by Gasteiger charge is -2.11. The number of nitrogens with one attached hydrogen (secondary N) is 2. The first kappa shape index (κ1) is 15.7. The largest absolute Gasteiger partial charge is 0.445 e. The van der Waals surface area contributed by atoms with Crippen LogP contribution < -0.4 is 10.6 Å². The number of hydrogen-bond acceptors (Lipinski definition) is 3. The number of rotatable bonds is 4. The van der Waals surface area contributed by atoms with Gasteiger partial charge in [-0.25, -0.2) is 9.18 Å². The molecular formula is C13H18ClFN2O2. The summed E-state index contributed by atoms with van der Waals surface area (Å²) < 4.78 is 17.9. The normalized spacial score (nSPS) is 21.5. The second-order valence-electron chi connectivity index (χ2n) is 4.38. The van der Waals surface area contributed by atoms with Crippen LogP contribution in [-0.2, 0) is 11.3 Å². The third-order valence-electron chi connectivity index (χ3n) is 2.87. The second kappa shape index (κ2) is 7.96. The van der Waals surface area contributed by atoms with E-state index in [1.54, 1.807) is 0 Å². The highest BCUT2D eigenvalue weighted by atomic mass is 35.5. The van der Waals surface area contributed by atoms with Crippen LogP contribution in [-0.4, -0.2) is 31.4 Å². The summed E-state index contributed by atoms with van der Waals surface area (Å²) in [7, 11) is 0. The minimum absolute atomic E-state index is 0. The van der Waals surface area contributed by atoms with Crippen molar-refractivity contribution in [1.82, 2.24) is 10.6 Å². The first-order chi connectivity index (χ1) is 8.74. The summed E-state index contributed by atoms with van der Waals surface area (Å²) >= 11 is 0. The van der Waals surface area contributed by atoms with Crippen molar-refractivity contribution in [3.63, 3.8) is 0 Å². The summed E-state index contributed by atoms with van der Waals surface area (Å²) in [5.41, 5.74) is 0.940. The molecule has 2 N–H and O–H groups in total. The van der Waals surface area contributed by atoms with Crippen molar-refractivity contribution in [1.29, 1.82) is 0 Å². The third kappa shape index (κ3) is 5.44. The van der Waals surface area contributed by atoms with Crippen LogP contribution in [0.4, 0.5) is 9.18 Å². The van der Waals surface area contributed by atoms with Gasteiger partial charge in [0.15, 0.2) is 0 Å². The molecule has 0 bridgehead atoms. The highest BCUT2D eigenvalue weighted by molar-refractivity contribution is 5.85. The van der Waals surface area contributed by atoms with Gasteiger partial charge in [-0.2, -0.15) is 0 Å². The summed E-state index contributed by atoms with van der Waals surface area (Å²) in [6.07, 6.45) is -0.834. The highest BCUT2D eigenvalue weighted by Gasteiger charge is 2.23. The number of carbonyl (C=O) groups is 1. The summed E-state index contributed by atoms with van der Waals surface area (Å²) in [4.78, 5) is 11.4. The minimum Gasteiger partial charge on any atom is -0.445 e. The van der Waals surface area contributed by atoms with Crippen molar-refractivity contribution in [3.05, 3.63) is 35.9 Å². The van der Waals surface area contributed by atoms with Gasteiger partial charge in [0.05, 0.1) is 0 Å². The maximum Gasteiger partial charge on any atom is 0.407 e. The van der Waals surface area contributed by atoms with Crippen LogP contribution in [0.15, 0.2) is 30.3 Å². The Bertz CT molecular complexity index is 391. The fraction of sp³-hybridized carbons (Fsp3) is 0.462. The molecule has 6 heteroatoms. The van der Waals surface area contributed by atoms with Gasteiger partial charge < -0.3 is 15.4 Å². The Morgan fingerprint density at radius 2 is 2.16 bits per heavy atom. The van der Waals surface area contributed by atoms with Crippen LogP contribution in [0.2, 0.25) is 0 Å². The first-order valence-electron chi connectivity index (χ1n) is 6.06. The second-order valence-corrected chi connectivity index (χ2v) is 4.38. The van der Waals surface area contributed by atoms with Gasteiger partial charge >= 0.3 is 6.09 Å². The third-order valence-corrected chi connectivity index (χ3v) is 2.87. The van der Waals surface area contributed by atoms with Crippen LogP contribution in [0.25, 0.3) is 0 Å². The van der Waals surface area contributed by atoms with Crippen LogP contribution >= 0.6 is 12.4 Å². The Morgan fingerprint density at radius 1 is 1.42 bits per heavy atom. The molecule has 0 aliphatic carbocycles. The highest BCUT2D eigenvalue weighted by Crippen LogP contribution is 2.08. The Hall–Kier alpha value is -1.33. The smallest absolute Gasteiger partial charge is 0.407 e. The molecule has 1 saturated heterocycles. The summed E-state index contributed by atoms with van der Waals surface area (Å²) in [6, 6.07) is 9.46. The maximum atomic E-state index is 12.9. The zero-order chi connectivity index (χ0) is 12.8. The molecule has 1 aromatic rings. The number of benzene rings is 1. The fourth-order valence-electron chi connectivity index (χ4n) is 1.91. The van der Waals surface area contributed by atoms with Crippen molar-refractivity contribution in [2.75, 3.05) is 13.1 Å². The lowest BCUT2D eigenvalue weighted by Crippen LogP contribution is -2.37. The monoisotopic (exact) mass is 288 g/mol. The summed E-state index contributed by atoms with van der Waals surface area (Å²) in [5, 5.41) is 5.62. The summed E-state index contributed by atoms with van der Waals surface area (Å²) in [5.74, 6) is 0. The molecule has 2 atom stereocenters. The topological polar surface area (TPSA) is 50.4 Å². The van der Waals surface area contributed by atoms with Crippen LogP contribution in [0.3, 0.4) is 0 Å². The van der Waals surface area contributed by atoms with E-state index in [1.807, 2.05) is 30.3 Å². The van der Waals surface area contributed by atoms with E-state index >= 15 is 0 Å². The first-order valence-corrected chi connectivity index (χ1v) is 6.06. The molecule has 0 radical (unpaired) electrons. The zero-order valence-corrected chi connectivity index (χ0v) is 11.3. The molecule has 1 amide bonds. The Kier molecular flexibility index (Phi) is 6.59. The van der Waals surface area contributed by atoms with E-state index in [9.17, 15) is 9.18 Å². The number of amides is 1. The molecule has 4 nitrogen and oxygen atoms in total. The molecule has 1 fully saturated rings. The van der Waals surface area contributed by atoms with Crippen molar-refractivity contribution in [2.45, 2.75) is 25.2 Å². The van der Waals surface area contributed by atoms with E-state index in [0.29, 0.717) is 19.5 Å². The number of halogens is 2. The van der Waals surface area contributed by atoms with Crippen LogP contribution in [0.1, 0.15) is 12.0 Å². The predicted octanol–water partition coefficient (Wildman–Crippen LogP) is 2.03. The van der Waals surface area contributed by atoms with Crippen LogP contribution in [0, 0.1) is 0 Å². The molecule has 1 aliphatic rings. The number of ether oxygens (including phenoxy) is 1. The Morgan fingerprint density at radius 3 is 2.79 bits per heavy atom. The average molecular weight is 289 g/mol. The van der Waals surface area contributed by atoms with Gasteiger partial charge in [-0.1, -0.05) is 30.3 Å². The lowest BCUT2D eigenvalue weighted by atomic mass is 10.2. The van der Waals surface area contributed by atoms with E-state index in [-0.39, 0.29) is 25.1 Å². The van der Waals surface area contributed by atoms with Gasteiger partial charge in [-0.15, -0.1) is 12.4 Å². The molecule has 0 spiro atoms. The van der Waals surface area contributed by atoms with Gasteiger partial charge in [0.25, 0.3) is 0 Å². The van der Waals surface area contributed by atoms with E-state index in [2.05, 4.69) is 10.6 Å². The van der Waals surface area contributed by atoms with Gasteiger partial charge in [-0.05, 0) is 12.0 Å². The molecule has 2 rings (SSSR count). The standard InChI is InChI=1S/C13H17FN2O2.ClH/c14-11-6-12(15-7-11)8-16-13(17)18-9-10-4-2-1-3-5-10;/h1-5,11-12,15H,6-9H2,(H,16,17);1H/t11-,12-;/m0./s1. The van der Waals surface area contributed by atoms with E-state index < -0.39 is 12.3 Å². The molecule has 0 saturated carbocycles. The van der Waals surface area contributed by atoms with Gasteiger partial charge in [0.2, 0.25) is 0 Å². The fourth-order valence-corrected chi connectivity index (χ4v) is 1.91. The molecule has 1 aliphatic heterocycles. The van der Waals surface area contributed by atoms with Gasteiger partial charge in [0.1, 0.15) is 12.8 Å². The van der Waals surface area contributed by atoms with Crippen LogP contribution in [0.5, 0.6) is 0 Å². The lowest BCUT2D eigenvalue weighted by molar-refractivity contribution is 0.138. The quantitative estimate of drug-likeness (QED) is 0.891. The number of alkyl carbamates (subject to hydrolysis) is 1. The van der Waals surface area contributed by atoms with Gasteiger partial charge in [0, 0.05) is 19.1 Å². The SMILES string of the molecule is Cl.O=C(NC[C@@H]1C[C@H](F)CN1)OCc1ccccc1. The average Bonchev–Trinajstić information content (AvgIpc) is 2.81. The summed E-state index contributed by atoms with van der Waals surface area (Å²) in [6.45, 7) is 1.01. The minimum atomic E-state index is -0.808. The molecule has 106 valence electrons. The van der Waals surface area contributed by atoms with Crippen molar-refractivity contribution < 1.29 is 13.9 Å².